The van der Waals surface area contributed by atoms with Gasteiger partial charge in [0.05, 0.1) is 19.3 Å². The molecule has 6 unspecified atom stereocenters. The molecule has 30 heavy (non-hydrogen) atoms. The minimum atomic E-state index is -1.62. The molecule has 0 spiro atoms. The molecule has 1 aromatic rings. The first kappa shape index (κ1) is 22.6. The van der Waals surface area contributed by atoms with Crippen LogP contribution in [0.1, 0.15) is 49.7 Å². The molecule has 3 nitrogen and oxygen atoms in total. The van der Waals surface area contributed by atoms with Crippen molar-refractivity contribution in [1.29, 1.82) is 0 Å². The van der Waals surface area contributed by atoms with Crippen LogP contribution in [0, 0.1) is 17.3 Å². The Kier molecular flexibility index (Phi) is 5.83. The highest BCUT2D eigenvalue weighted by Crippen LogP contribution is 2.62. The summed E-state index contributed by atoms with van der Waals surface area (Å²) in [5, 5.41) is 0. The van der Waals surface area contributed by atoms with Gasteiger partial charge in [0.2, 0.25) is 0 Å². The van der Waals surface area contributed by atoms with E-state index < -0.39 is 16.6 Å². The summed E-state index contributed by atoms with van der Waals surface area (Å²) in [4.78, 5) is 0. The second kappa shape index (κ2) is 7.75. The van der Waals surface area contributed by atoms with Gasteiger partial charge in [-0.05, 0) is 118 Å². The smallest absolute Gasteiger partial charge is 0.184 e. The molecule has 6 atom stereocenters. The molecule has 0 heterocycles. The van der Waals surface area contributed by atoms with E-state index in [4.69, 9.17) is 13.6 Å². The van der Waals surface area contributed by atoms with E-state index in [0.29, 0.717) is 30.0 Å². The quantitative estimate of drug-likeness (QED) is 0.477. The van der Waals surface area contributed by atoms with E-state index in [1.54, 1.807) is 12.7 Å². The second-order valence-electron chi connectivity index (χ2n) is 12.2. The third-order valence-electron chi connectivity index (χ3n) is 7.81. The van der Waals surface area contributed by atoms with Crippen LogP contribution < -0.4 is 4.74 Å². The number of aryl methyl sites for hydroxylation is 1. The van der Waals surface area contributed by atoms with Gasteiger partial charge in [-0.1, -0.05) is 13.0 Å². The fourth-order valence-electron chi connectivity index (χ4n) is 6.85. The van der Waals surface area contributed by atoms with E-state index in [1.165, 1.54) is 31.2 Å². The Hall–Kier alpha value is -0.626. The van der Waals surface area contributed by atoms with Crippen molar-refractivity contribution in [3.05, 3.63) is 29.3 Å². The number of rotatable bonds is 5. The molecule has 0 bridgehead atoms. The van der Waals surface area contributed by atoms with Crippen LogP contribution in [0.2, 0.25) is 39.3 Å². The third-order valence-corrected chi connectivity index (χ3v) is 9.81. The first-order valence-electron chi connectivity index (χ1n) is 11.9. The largest absolute Gasteiger partial charge is 0.497 e. The van der Waals surface area contributed by atoms with Gasteiger partial charge in [0.1, 0.15) is 5.75 Å². The molecule has 0 radical (unpaired) electrons. The lowest BCUT2D eigenvalue weighted by Gasteiger charge is -2.52. The summed E-state index contributed by atoms with van der Waals surface area (Å²) >= 11 is 0. The zero-order chi connectivity index (χ0) is 21.9. The van der Waals surface area contributed by atoms with Crippen LogP contribution in [-0.2, 0) is 15.3 Å². The van der Waals surface area contributed by atoms with Gasteiger partial charge in [-0.15, -0.1) is 0 Å². The Bertz CT molecular complexity index is 782. The molecule has 1 aromatic carbocycles. The van der Waals surface area contributed by atoms with Crippen LogP contribution in [0.25, 0.3) is 0 Å². The Morgan fingerprint density at radius 3 is 2.30 bits per heavy atom. The number of hydrogen-bond donors (Lipinski definition) is 0. The van der Waals surface area contributed by atoms with Crippen LogP contribution >= 0.6 is 0 Å². The number of ether oxygens (including phenoxy) is 1. The summed E-state index contributed by atoms with van der Waals surface area (Å²) in [6.45, 7) is 16.6. The predicted octanol–water partition coefficient (Wildman–Crippen LogP) is 6.60. The summed E-state index contributed by atoms with van der Waals surface area (Å²) in [6, 6.07) is 6.80. The van der Waals surface area contributed by atoms with E-state index in [0.717, 1.165) is 12.2 Å². The van der Waals surface area contributed by atoms with E-state index in [9.17, 15) is 0 Å². The van der Waals surface area contributed by atoms with Crippen molar-refractivity contribution in [2.45, 2.75) is 96.4 Å². The van der Waals surface area contributed by atoms with Gasteiger partial charge < -0.3 is 13.6 Å². The van der Waals surface area contributed by atoms with Crippen LogP contribution in [0.4, 0.5) is 0 Å². The van der Waals surface area contributed by atoms with Gasteiger partial charge >= 0.3 is 0 Å². The van der Waals surface area contributed by atoms with E-state index in [-0.39, 0.29) is 5.41 Å². The lowest BCUT2D eigenvalue weighted by molar-refractivity contribution is -0.0355. The van der Waals surface area contributed by atoms with Crippen molar-refractivity contribution in [3.8, 4) is 5.75 Å². The van der Waals surface area contributed by atoms with E-state index in [2.05, 4.69) is 64.4 Å². The average Bonchev–Trinajstić information content (AvgIpc) is 2.89. The van der Waals surface area contributed by atoms with Crippen LogP contribution in [0.3, 0.4) is 0 Å². The van der Waals surface area contributed by atoms with Gasteiger partial charge in [-0.2, -0.15) is 0 Å². The summed E-state index contributed by atoms with van der Waals surface area (Å²) in [5.74, 6) is 2.98. The number of benzene rings is 1. The Balaban J connectivity index is 1.69. The van der Waals surface area contributed by atoms with Crippen molar-refractivity contribution in [2.24, 2.45) is 17.3 Å². The SMILES string of the molecule is COc1ccc2c(c1)CCC1C2CCC2(C)C(O[Si](C)(C)C)CC(O[Si](C)(C)C)C12. The van der Waals surface area contributed by atoms with E-state index in [1.807, 2.05) is 0 Å². The van der Waals surface area contributed by atoms with Crippen molar-refractivity contribution >= 4 is 16.6 Å². The van der Waals surface area contributed by atoms with Crippen molar-refractivity contribution in [1.82, 2.24) is 0 Å². The van der Waals surface area contributed by atoms with Crippen molar-refractivity contribution < 1.29 is 13.6 Å². The average molecular weight is 447 g/mol. The minimum Gasteiger partial charge on any atom is -0.497 e. The molecule has 5 heteroatoms. The second-order valence-corrected chi connectivity index (χ2v) is 21.1. The van der Waals surface area contributed by atoms with Gasteiger partial charge in [0.25, 0.3) is 0 Å². The number of fused-ring (bicyclic) bond motifs is 5. The maximum atomic E-state index is 6.91. The third kappa shape index (κ3) is 4.19. The Morgan fingerprint density at radius 2 is 1.67 bits per heavy atom. The maximum Gasteiger partial charge on any atom is 0.184 e. The van der Waals surface area contributed by atoms with Gasteiger partial charge in [-0.25, -0.2) is 0 Å². The summed E-state index contributed by atoms with van der Waals surface area (Å²) in [6.07, 6.45) is 6.78. The maximum absolute atomic E-state index is 6.91. The molecule has 2 saturated carbocycles. The zero-order valence-corrected chi connectivity index (χ0v) is 22.4. The Morgan fingerprint density at radius 1 is 0.967 bits per heavy atom. The van der Waals surface area contributed by atoms with Crippen LogP contribution in [0.15, 0.2) is 18.2 Å². The van der Waals surface area contributed by atoms with Gasteiger partial charge in [-0.3, -0.25) is 0 Å². The lowest BCUT2D eigenvalue weighted by Crippen LogP contribution is -2.49. The summed E-state index contributed by atoms with van der Waals surface area (Å²) in [7, 11) is -1.45. The lowest BCUT2D eigenvalue weighted by atomic mass is 9.55. The fourth-order valence-corrected chi connectivity index (χ4v) is 9.22. The molecule has 0 N–H and O–H groups in total. The highest BCUT2D eigenvalue weighted by molar-refractivity contribution is 6.70. The minimum absolute atomic E-state index is 0.246. The zero-order valence-electron chi connectivity index (χ0n) is 20.4. The first-order chi connectivity index (χ1) is 13.9. The molecule has 0 saturated heterocycles. The molecule has 2 fully saturated rings. The van der Waals surface area contributed by atoms with Crippen LogP contribution in [0.5, 0.6) is 5.75 Å². The van der Waals surface area contributed by atoms with Crippen molar-refractivity contribution in [2.75, 3.05) is 7.11 Å². The summed E-state index contributed by atoms with van der Waals surface area (Å²) < 4.78 is 19.3. The standard InChI is InChI=1S/C25H42O3Si2/c1-25-14-13-20-19-12-10-18(26-2)15-17(19)9-11-21(20)24(25)22(27-29(3,4)5)16-23(25)28-30(6,7)8/h10,12,15,20-24H,9,11,13-14,16H2,1-8H3. The molecule has 3 aliphatic rings. The topological polar surface area (TPSA) is 27.7 Å². The molecule has 3 aliphatic carbocycles. The molecule has 0 amide bonds. The molecular formula is C25H42O3Si2. The molecule has 168 valence electrons. The van der Waals surface area contributed by atoms with Gasteiger partial charge in [0, 0.05) is 0 Å². The summed E-state index contributed by atoms with van der Waals surface area (Å²) in [5.41, 5.74) is 3.33. The molecule has 0 aromatic heterocycles. The first-order valence-corrected chi connectivity index (χ1v) is 18.8. The van der Waals surface area contributed by atoms with Crippen molar-refractivity contribution in [3.63, 3.8) is 0 Å². The molecule has 0 aliphatic heterocycles. The van der Waals surface area contributed by atoms with Gasteiger partial charge in [0.15, 0.2) is 16.6 Å². The Labute approximate surface area is 186 Å². The predicted molar refractivity (Wildman–Crippen MR) is 129 cm³/mol. The molecule has 4 rings (SSSR count). The number of methoxy groups -OCH3 is 1. The molecular weight excluding hydrogens is 404 g/mol. The number of hydrogen-bond acceptors (Lipinski definition) is 3. The highest BCUT2D eigenvalue weighted by Gasteiger charge is 2.60. The highest BCUT2D eigenvalue weighted by atomic mass is 28.4. The fraction of sp³-hybridized carbons (Fsp3) is 0.760. The monoisotopic (exact) mass is 446 g/mol. The van der Waals surface area contributed by atoms with E-state index >= 15 is 0 Å². The normalized spacial score (nSPS) is 36.1. The van der Waals surface area contributed by atoms with Crippen LogP contribution in [-0.4, -0.2) is 36.0 Å².